The molecule has 0 atom stereocenters. The van der Waals surface area contributed by atoms with Crippen molar-refractivity contribution in [3.63, 3.8) is 0 Å². The highest BCUT2D eigenvalue weighted by atomic mass is 32.1. The molecular weight excluding hydrogens is 336 g/mol. The molecule has 0 unspecified atom stereocenters. The first kappa shape index (κ1) is 17.8. The van der Waals surface area contributed by atoms with Crippen LogP contribution in [0.1, 0.15) is 29.9 Å². The summed E-state index contributed by atoms with van der Waals surface area (Å²) in [6.07, 6.45) is 0. The summed E-state index contributed by atoms with van der Waals surface area (Å²) in [5.74, 6) is 1.67. The van der Waals surface area contributed by atoms with E-state index in [1.807, 2.05) is 23.1 Å². The van der Waals surface area contributed by atoms with Gasteiger partial charge in [-0.2, -0.15) is 0 Å². The first-order valence-electron chi connectivity index (χ1n) is 8.55. The van der Waals surface area contributed by atoms with Crippen molar-refractivity contribution in [2.75, 3.05) is 13.3 Å². The van der Waals surface area contributed by atoms with Crippen molar-refractivity contribution < 1.29 is 19.6 Å². The van der Waals surface area contributed by atoms with Crippen LogP contribution < -0.4 is 14.8 Å². The van der Waals surface area contributed by atoms with Crippen molar-refractivity contribution in [2.45, 2.75) is 39.9 Å². The van der Waals surface area contributed by atoms with Gasteiger partial charge in [0.05, 0.1) is 12.6 Å². The zero-order valence-electron chi connectivity index (χ0n) is 15.0. The lowest BCUT2D eigenvalue weighted by Crippen LogP contribution is -2.90. The Morgan fingerprint density at radius 1 is 1.24 bits per heavy atom. The van der Waals surface area contributed by atoms with E-state index in [2.05, 4.69) is 37.5 Å². The van der Waals surface area contributed by atoms with Gasteiger partial charge in [-0.05, 0) is 55.5 Å². The van der Waals surface area contributed by atoms with Gasteiger partial charge in [-0.25, -0.2) is 0 Å². The number of ether oxygens (including phenoxy) is 2. The van der Waals surface area contributed by atoms with Gasteiger partial charge in [0.25, 0.3) is 5.91 Å². The summed E-state index contributed by atoms with van der Waals surface area (Å²) < 4.78 is 10.8. The molecule has 2 aromatic rings. The molecule has 0 saturated carbocycles. The number of hydrogen-bond donors (Lipinski definition) is 1. The number of rotatable bonds is 7. The Bertz CT molecular complexity index is 742. The molecule has 1 aromatic carbocycles. The number of aryl methyl sites for hydroxylation is 1. The largest absolute Gasteiger partial charge is 0.454 e. The molecule has 1 aliphatic rings. The number of thiophene rings is 1. The Kier molecular flexibility index (Phi) is 5.60. The molecule has 0 bridgehead atoms. The summed E-state index contributed by atoms with van der Waals surface area (Å²) in [7, 11) is 0. The number of hydrogen-bond acceptors (Lipinski definition) is 4. The van der Waals surface area contributed by atoms with Gasteiger partial charge >= 0.3 is 0 Å². The predicted octanol–water partition coefficient (Wildman–Crippen LogP) is 2.29. The van der Waals surface area contributed by atoms with E-state index in [4.69, 9.17) is 9.47 Å². The Balaban J connectivity index is 1.75. The minimum Gasteiger partial charge on any atom is -0.454 e. The minimum atomic E-state index is 0.152. The molecule has 0 saturated heterocycles. The molecule has 134 valence electrons. The van der Waals surface area contributed by atoms with Crippen LogP contribution in [0, 0.1) is 6.92 Å². The smallest absolute Gasteiger partial charge is 0.278 e. The zero-order valence-corrected chi connectivity index (χ0v) is 15.8. The summed E-state index contributed by atoms with van der Waals surface area (Å²) in [6.45, 7) is 8.22. The van der Waals surface area contributed by atoms with E-state index in [-0.39, 0.29) is 12.7 Å². The van der Waals surface area contributed by atoms with Gasteiger partial charge in [0.15, 0.2) is 18.0 Å². The van der Waals surface area contributed by atoms with Gasteiger partial charge in [0, 0.05) is 11.4 Å². The second-order valence-corrected chi connectivity index (χ2v) is 7.65. The monoisotopic (exact) mass is 361 g/mol. The zero-order chi connectivity index (χ0) is 17.8. The minimum absolute atomic E-state index is 0.152. The van der Waals surface area contributed by atoms with Crippen LogP contribution in [0.25, 0.3) is 0 Å². The lowest BCUT2D eigenvalue weighted by molar-refractivity contribution is -0.673. The molecule has 0 fully saturated rings. The Hall–Kier alpha value is -2.05. The van der Waals surface area contributed by atoms with Crippen LogP contribution in [0.5, 0.6) is 11.5 Å². The third-order valence-electron chi connectivity index (χ3n) is 4.23. The van der Waals surface area contributed by atoms with Crippen molar-refractivity contribution in [1.82, 2.24) is 4.90 Å². The van der Waals surface area contributed by atoms with Crippen molar-refractivity contribution in [3.8, 4) is 11.5 Å². The SMILES string of the molecule is Cc1ccsc1CN(Cc1ccc2c(c1)OCO2)C(=O)C[NH2+]C(C)C. The molecule has 2 N–H and O–H groups in total. The summed E-state index contributed by atoms with van der Waals surface area (Å²) in [6, 6.07) is 8.39. The number of fused-ring (bicyclic) bond motifs is 1. The van der Waals surface area contributed by atoms with Crippen LogP contribution in [0.4, 0.5) is 0 Å². The molecule has 5 nitrogen and oxygen atoms in total. The van der Waals surface area contributed by atoms with Gasteiger partial charge in [-0.1, -0.05) is 6.07 Å². The molecule has 6 heteroatoms. The fourth-order valence-corrected chi connectivity index (χ4v) is 3.62. The van der Waals surface area contributed by atoms with Crippen LogP contribution in [0.2, 0.25) is 0 Å². The maximum absolute atomic E-state index is 12.8. The molecule has 0 radical (unpaired) electrons. The predicted molar refractivity (Wildman–Crippen MR) is 97.8 cm³/mol. The van der Waals surface area contributed by atoms with Crippen LogP contribution >= 0.6 is 11.3 Å². The summed E-state index contributed by atoms with van der Waals surface area (Å²) in [5, 5.41) is 4.14. The highest BCUT2D eigenvalue weighted by Crippen LogP contribution is 2.33. The number of amides is 1. The van der Waals surface area contributed by atoms with Gasteiger partial charge in [-0.15, -0.1) is 11.3 Å². The highest BCUT2D eigenvalue weighted by molar-refractivity contribution is 7.10. The average molecular weight is 361 g/mol. The molecule has 1 amide bonds. The molecular formula is C19H25N2O3S+. The third-order valence-corrected chi connectivity index (χ3v) is 5.24. The van der Waals surface area contributed by atoms with Crippen LogP contribution in [0.15, 0.2) is 29.6 Å². The van der Waals surface area contributed by atoms with E-state index in [1.54, 1.807) is 11.3 Å². The van der Waals surface area contributed by atoms with E-state index >= 15 is 0 Å². The Morgan fingerprint density at radius 3 is 2.76 bits per heavy atom. The Morgan fingerprint density at radius 2 is 2.04 bits per heavy atom. The van der Waals surface area contributed by atoms with Gasteiger partial charge in [-0.3, -0.25) is 4.79 Å². The molecule has 0 spiro atoms. The molecule has 2 heterocycles. The van der Waals surface area contributed by atoms with Crippen molar-refractivity contribution in [3.05, 3.63) is 45.6 Å². The van der Waals surface area contributed by atoms with Gasteiger partial charge in [0.1, 0.15) is 0 Å². The average Bonchev–Trinajstić information content (AvgIpc) is 3.20. The highest BCUT2D eigenvalue weighted by Gasteiger charge is 2.20. The van der Waals surface area contributed by atoms with Crippen LogP contribution in [-0.4, -0.2) is 30.2 Å². The van der Waals surface area contributed by atoms with E-state index in [0.717, 1.165) is 17.1 Å². The van der Waals surface area contributed by atoms with Crippen molar-refractivity contribution in [1.29, 1.82) is 0 Å². The molecule has 1 aliphatic heterocycles. The standard InChI is InChI=1S/C19H24N2O3S/c1-13(2)20-9-19(22)21(11-18-14(3)6-7-25-18)10-15-4-5-16-17(8-15)24-12-23-16/h4-8,13,20H,9-12H2,1-3H3/p+1. The molecule has 3 rings (SSSR count). The third kappa shape index (κ3) is 4.52. The van der Waals surface area contributed by atoms with E-state index < -0.39 is 0 Å². The number of benzene rings is 1. The van der Waals surface area contributed by atoms with E-state index in [9.17, 15) is 4.79 Å². The number of quaternary nitrogens is 1. The first-order valence-corrected chi connectivity index (χ1v) is 9.43. The van der Waals surface area contributed by atoms with Crippen molar-refractivity contribution in [2.24, 2.45) is 0 Å². The van der Waals surface area contributed by atoms with Crippen LogP contribution in [0.3, 0.4) is 0 Å². The second-order valence-electron chi connectivity index (χ2n) is 6.65. The molecule has 0 aliphatic carbocycles. The maximum atomic E-state index is 12.8. The number of carbonyl (C=O) groups excluding carboxylic acids is 1. The van der Waals surface area contributed by atoms with Gasteiger partial charge < -0.3 is 19.7 Å². The van der Waals surface area contributed by atoms with Gasteiger partial charge in [0.2, 0.25) is 6.79 Å². The Labute approximate surface area is 152 Å². The maximum Gasteiger partial charge on any atom is 0.278 e. The van der Waals surface area contributed by atoms with Crippen LogP contribution in [-0.2, 0) is 17.9 Å². The fourth-order valence-electron chi connectivity index (χ4n) is 2.70. The number of nitrogens with two attached hydrogens (primary N) is 1. The fraction of sp³-hybridized carbons (Fsp3) is 0.421. The number of carbonyl (C=O) groups is 1. The lowest BCUT2D eigenvalue weighted by atomic mass is 10.1. The van der Waals surface area contributed by atoms with E-state index in [0.29, 0.717) is 25.7 Å². The van der Waals surface area contributed by atoms with Crippen molar-refractivity contribution >= 4 is 17.2 Å². The summed E-state index contributed by atoms with van der Waals surface area (Å²) in [4.78, 5) is 15.9. The first-order chi connectivity index (χ1) is 12.0. The summed E-state index contributed by atoms with van der Waals surface area (Å²) >= 11 is 1.70. The van der Waals surface area contributed by atoms with E-state index in [1.165, 1.54) is 10.4 Å². The molecule has 1 aromatic heterocycles. The quantitative estimate of drug-likeness (QED) is 0.823. The lowest BCUT2D eigenvalue weighted by Gasteiger charge is -2.22. The second kappa shape index (κ2) is 7.89. The normalized spacial score (nSPS) is 12.6. The summed E-state index contributed by atoms with van der Waals surface area (Å²) in [5.41, 5.74) is 2.29. The number of nitrogens with zero attached hydrogens (tertiary/aromatic N) is 1. The molecule has 25 heavy (non-hydrogen) atoms. The topological polar surface area (TPSA) is 55.4 Å².